The van der Waals surface area contributed by atoms with E-state index in [1.54, 1.807) is 6.20 Å². The molecule has 0 atom stereocenters. The first-order chi connectivity index (χ1) is 8.74. The lowest BCUT2D eigenvalue weighted by atomic mass is 10.2. The van der Waals surface area contributed by atoms with Crippen LogP contribution < -0.4 is 10.6 Å². The normalized spacial score (nSPS) is 20.0. The van der Waals surface area contributed by atoms with E-state index in [1.807, 2.05) is 17.0 Å². The summed E-state index contributed by atoms with van der Waals surface area (Å²) in [6.45, 7) is 3.40. The van der Waals surface area contributed by atoms with E-state index in [-0.39, 0.29) is 0 Å². The maximum Gasteiger partial charge on any atom is 0.225 e. The molecule has 1 aliphatic heterocycles. The molecule has 0 unspecified atom stereocenters. The van der Waals surface area contributed by atoms with Crippen molar-refractivity contribution in [1.29, 1.82) is 0 Å². The molecule has 2 heterocycles. The predicted molar refractivity (Wildman–Crippen MR) is 70.2 cm³/mol. The number of nitrogens with two attached hydrogens (primary N) is 1. The molecule has 1 saturated heterocycles. The number of carbonyl (C=O) groups excluding carboxylic acids is 1. The zero-order chi connectivity index (χ0) is 12.5. The van der Waals surface area contributed by atoms with E-state index in [1.165, 1.54) is 0 Å². The molecule has 18 heavy (non-hydrogen) atoms. The van der Waals surface area contributed by atoms with Gasteiger partial charge in [-0.05, 0) is 25.0 Å². The lowest BCUT2D eigenvalue weighted by Gasteiger charge is -2.36. The van der Waals surface area contributed by atoms with Gasteiger partial charge in [0.1, 0.15) is 5.82 Å². The highest BCUT2D eigenvalue weighted by Crippen LogP contribution is 2.31. The second-order valence-corrected chi connectivity index (χ2v) is 5.03. The van der Waals surface area contributed by atoms with Crippen LogP contribution in [0, 0.1) is 5.92 Å². The molecular formula is C13H18N4O. The van der Waals surface area contributed by atoms with Gasteiger partial charge in [0.05, 0.1) is 11.9 Å². The van der Waals surface area contributed by atoms with E-state index in [9.17, 15) is 4.79 Å². The third-order valence-electron chi connectivity index (χ3n) is 3.65. The van der Waals surface area contributed by atoms with Crippen molar-refractivity contribution in [2.24, 2.45) is 5.92 Å². The molecule has 5 heteroatoms. The highest BCUT2D eigenvalue weighted by Gasteiger charge is 2.34. The molecule has 96 valence electrons. The summed E-state index contributed by atoms with van der Waals surface area (Å²) in [5.74, 6) is 1.22. The Morgan fingerprint density at radius 3 is 2.50 bits per heavy atom. The van der Waals surface area contributed by atoms with E-state index in [2.05, 4.69) is 9.88 Å². The maximum absolute atomic E-state index is 11.9. The zero-order valence-corrected chi connectivity index (χ0v) is 10.4. The van der Waals surface area contributed by atoms with Crippen LogP contribution in [0.5, 0.6) is 0 Å². The molecule has 0 spiro atoms. The summed E-state index contributed by atoms with van der Waals surface area (Å²) in [6.07, 6.45) is 3.97. The Bertz CT molecular complexity index is 433. The number of hydrogen-bond donors (Lipinski definition) is 1. The smallest absolute Gasteiger partial charge is 0.225 e. The fourth-order valence-corrected chi connectivity index (χ4v) is 2.36. The fourth-order valence-electron chi connectivity index (χ4n) is 2.36. The molecular weight excluding hydrogens is 228 g/mol. The molecule has 1 saturated carbocycles. The van der Waals surface area contributed by atoms with Crippen molar-refractivity contribution in [3.05, 3.63) is 18.3 Å². The number of hydrogen-bond acceptors (Lipinski definition) is 4. The number of piperazine rings is 1. The Labute approximate surface area is 107 Å². The molecule has 5 nitrogen and oxygen atoms in total. The van der Waals surface area contributed by atoms with E-state index in [0.29, 0.717) is 17.6 Å². The average Bonchev–Trinajstić information content (AvgIpc) is 3.23. The van der Waals surface area contributed by atoms with Crippen LogP contribution >= 0.6 is 0 Å². The van der Waals surface area contributed by atoms with Gasteiger partial charge in [-0.2, -0.15) is 0 Å². The van der Waals surface area contributed by atoms with E-state index in [0.717, 1.165) is 44.7 Å². The highest BCUT2D eigenvalue weighted by molar-refractivity contribution is 5.81. The van der Waals surface area contributed by atoms with Crippen molar-refractivity contribution in [2.45, 2.75) is 12.8 Å². The average molecular weight is 246 g/mol. The number of carbonyl (C=O) groups is 1. The summed E-state index contributed by atoms with van der Waals surface area (Å²) < 4.78 is 0. The molecule has 3 rings (SSSR count). The molecule has 0 aromatic carbocycles. The lowest BCUT2D eigenvalue weighted by Crippen LogP contribution is -2.49. The molecule has 2 aliphatic rings. The van der Waals surface area contributed by atoms with Gasteiger partial charge in [-0.3, -0.25) is 4.79 Å². The molecule has 2 N–H and O–H groups in total. The molecule has 1 aliphatic carbocycles. The van der Waals surface area contributed by atoms with Crippen molar-refractivity contribution in [1.82, 2.24) is 9.88 Å². The van der Waals surface area contributed by atoms with Crippen molar-refractivity contribution >= 4 is 17.4 Å². The number of pyridine rings is 1. The van der Waals surface area contributed by atoms with Crippen molar-refractivity contribution in [3.63, 3.8) is 0 Å². The van der Waals surface area contributed by atoms with Gasteiger partial charge in [0.25, 0.3) is 0 Å². The Kier molecular flexibility index (Phi) is 2.81. The van der Waals surface area contributed by atoms with Crippen LogP contribution in [0.25, 0.3) is 0 Å². The van der Waals surface area contributed by atoms with Crippen LogP contribution in [0.1, 0.15) is 12.8 Å². The van der Waals surface area contributed by atoms with Crippen molar-refractivity contribution < 1.29 is 4.79 Å². The van der Waals surface area contributed by atoms with Gasteiger partial charge in [0.2, 0.25) is 5.91 Å². The topological polar surface area (TPSA) is 62.5 Å². The van der Waals surface area contributed by atoms with Crippen molar-refractivity contribution in [3.8, 4) is 0 Å². The summed E-state index contributed by atoms with van der Waals surface area (Å²) >= 11 is 0. The second-order valence-electron chi connectivity index (χ2n) is 5.03. The monoisotopic (exact) mass is 246 g/mol. The molecule has 0 bridgehead atoms. The highest BCUT2D eigenvalue weighted by atomic mass is 16.2. The van der Waals surface area contributed by atoms with Crippen molar-refractivity contribution in [2.75, 3.05) is 36.8 Å². The molecule has 1 aromatic rings. The van der Waals surface area contributed by atoms with Gasteiger partial charge in [0.15, 0.2) is 0 Å². The maximum atomic E-state index is 11.9. The second kappa shape index (κ2) is 4.48. The quantitative estimate of drug-likeness (QED) is 0.835. The van der Waals surface area contributed by atoms with Gasteiger partial charge >= 0.3 is 0 Å². The Morgan fingerprint density at radius 1 is 1.22 bits per heavy atom. The minimum Gasteiger partial charge on any atom is -0.384 e. The standard InChI is InChI=1S/C13H18N4O/c14-12-4-3-11(9-15-12)16-5-7-17(8-6-16)13(18)10-1-2-10/h3-4,9-10H,1-2,5-8H2,(H2,14,15). The SMILES string of the molecule is Nc1ccc(N2CCN(C(=O)C3CC3)CC2)cn1. The van der Waals surface area contributed by atoms with Crippen LogP contribution in [-0.4, -0.2) is 42.0 Å². The minimum atomic E-state index is 0.328. The van der Waals surface area contributed by atoms with Crippen LogP contribution in [0.15, 0.2) is 18.3 Å². The van der Waals surface area contributed by atoms with E-state index < -0.39 is 0 Å². The first-order valence-corrected chi connectivity index (χ1v) is 6.49. The van der Waals surface area contributed by atoms with Gasteiger partial charge in [-0.25, -0.2) is 4.98 Å². The number of anilines is 2. The largest absolute Gasteiger partial charge is 0.384 e. The summed E-state index contributed by atoms with van der Waals surface area (Å²) in [4.78, 5) is 20.3. The van der Waals surface area contributed by atoms with Crippen LogP contribution in [-0.2, 0) is 4.79 Å². The number of nitrogens with zero attached hydrogens (tertiary/aromatic N) is 3. The minimum absolute atomic E-state index is 0.328. The Balaban J connectivity index is 1.59. The Hall–Kier alpha value is -1.78. The van der Waals surface area contributed by atoms with E-state index in [4.69, 9.17) is 5.73 Å². The number of nitrogen functional groups attached to an aromatic ring is 1. The molecule has 0 radical (unpaired) electrons. The zero-order valence-electron chi connectivity index (χ0n) is 10.4. The Morgan fingerprint density at radius 2 is 1.94 bits per heavy atom. The molecule has 1 amide bonds. The van der Waals surface area contributed by atoms with Gasteiger partial charge in [-0.15, -0.1) is 0 Å². The summed E-state index contributed by atoms with van der Waals surface area (Å²) in [7, 11) is 0. The fraction of sp³-hybridized carbons (Fsp3) is 0.538. The summed E-state index contributed by atoms with van der Waals surface area (Å²) in [5, 5.41) is 0. The summed E-state index contributed by atoms with van der Waals surface area (Å²) in [6, 6.07) is 3.80. The summed E-state index contributed by atoms with van der Waals surface area (Å²) in [5.41, 5.74) is 6.66. The number of aromatic nitrogens is 1. The molecule has 1 aromatic heterocycles. The van der Waals surface area contributed by atoms with Gasteiger partial charge in [-0.1, -0.05) is 0 Å². The van der Waals surface area contributed by atoms with E-state index >= 15 is 0 Å². The van der Waals surface area contributed by atoms with Gasteiger partial charge < -0.3 is 15.5 Å². The predicted octanol–water partition coefficient (Wildman–Crippen LogP) is 0.722. The number of rotatable bonds is 2. The van der Waals surface area contributed by atoms with Crippen LogP contribution in [0.3, 0.4) is 0 Å². The van der Waals surface area contributed by atoms with Crippen LogP contribution in [0.2, 0.25) is 0 Å². The van der Waals surface area contributed by atoms with Gasteiger partial charge in [0, 0.05) is 32.1 Å². The molecule has 2 fully saturated rings. The third kappa shape index (κ3) is 2.25. The van der Waals surface area contributed by atoms with Crippen LogP contribution in [0.4, 0.5) is 11.5 Å². The third-order valence-corrected chi connectivity index (χ3v) is 3.65. The first-order valence-electron chi connectivity index (χ1n) is 6.49. The number of amides is 1. The first kappa shape index (κ1) is 11.3. The lowest BCUT2D eigenvalue weighted by molar-refractivity contribution is -0.132.